The maximum atomic E-state index is 12.4. The molecular formula is C16H17N5O2S. The molecule has 0 radical (unpaired) electrons. The number of ketones is 1. The fourth-order valence-corrected chi connectivity index (χ4v) is 4.11. The summed E-state index contributed by atoms with van der Waals surface area (Å²) in [6.07, 6.45) is 4.94. The van der Waals surface area contributed by atoms with E-state index in [4.69, 9.17) is 0 Å². The summed E-state index contributed by atoms with van der Waals surface area (Å²) < 4.78 is 1.86. The molecule has 0 atom stereocenters. The minimum absolute atomic E-state index is 0.0168. The minimum Gasteiger partial charge on any atom is -0.326 e. The smallest absolute Gasteiger partial charge is 0.228 e. The van der Waals surface area contributed by atoms with Gasteiger partial charge in [-0.1, -0.05) is 24.6 Å². The van der Waals surface area contributed by atoms with Gasteiger partial charge in [-0.2, -0.15) is 0 Å². The number of nitrogens with zero attached hydrogens (tertiary/aromatic N) is 4. The van der Waals surface area contributed by atoms with Crippen molar-refractivity contribution in [2.45, 2.75) is 43.3 Å². The number of aromatic nitrogens is 4. The number of carbonyl (C=O) groups is 2. The number of fused-ring (bicyclic) bond motifs is 1. The van der Waals surface area contributed by atoms with Gasteiger partial charge in [-0.15, -0.1) is 5.10 Å². The second-order valence-electron chi connectivity index (χ2n) is 6.15. The zero-order chi connectivity index (χ0) is 16.5. The molecule has 1 aliphatic heterocycles. The lowest BCUT2D eigenvalue weighted by Gasteiger charge is -2.10. The monoisotopic (exact) mass is 343 g/mol. The van der Waals surface area contributed by atoms with Crippen LogP contribution < -0.4 is 5.32 Å². The van der Waals surface area contributed by atoms with Crippen LogP contribution in [0.4, 0.5) is 5.69 Å². The van der Waals surface area contributed by atoms with Gasteiger partial charge in [0.25, 0.3) is 0 Å². The van der Waals surface area contributed by atoms with Crippen molar-refractivity contribution in [1.29, 1.82) is 0 Å². The molecule has 124 valence electrons. The van der Waals surface area contributed by atoms with E-state index >= 15 is 0 Å². The van der Waals surface area contributed by atoms with Crippen LogP contribution in [-0.2, 0) is 11.2 Å². The van der Waals surface area contributed by atoms with Gasteiger partial charge in [-0.25, -0.2) is 4.68 Å². The molecule has 2 aliphatic rings. The van der Waals surface area contributed by atoms with Crippen LogP contribution in [0.2, 0.25) is 0 Å². The van der Waals surface area contributed by atoms with Crippen molar-refractivity contribution in [3.8, 4) is 0 Å². The number of carbonyl (C=O) groups excluding carboxylic acids is 2. The Kier molecular flexibility index (Phi) is 4.05. The van der Waals surface area contributed by atoms with Crippen molar-refractivity contribution < 1.29 is 9.59 Å². The first-order valence-corrected chi connectivity index (χ1v) is 9.06. The van der Waals surface area contributed by atoms with Crippen LogP contribution in [0.5, 0.6) is 0 Å². The fourth-order valence-electron chi connectivity index (χ4n) is 3.27. The summed E-state index contributed by atoms with van der Waals surface area (Å²) in [4.78, 5) is 23.9. The fraction of sp³-hybridized carbons (Fsp3) is 0.438. The minimum atomic E-state index is -0.0280. The summed E-state index contributed by atoms with van der Waals surface area (Å²) in [7, 11) is 0. The van der Waals surface area contributed by atoms with Gasteiger partial charge in [0.2, 0.25) is 11.1 Å². The maximum absolute atomic E-state index is 12.4. The highest BCUT2D eigenvalue weighted by Crippen LogP contribution is 2.31. The molecule has 7 nitrogen and oxygen atoms in total. The Morgan fingerprint density at radius 3 is 3.00 bits per heavy atom. The van der Waals surface area contributed by atoms with Gasteiger partial charge in [-0.3, -0.25) is 9.59 Å². The Morgan fingerprint density at radius 2 is 2.17 bits per heavy atom. The third-order valence-electron chi connectivity index (χ3n) is 4.52. The predicted octanol–water partition coefficient (Wildman–Crippen LogP) is 2.26. The van der Waals surface area contributed by atoms with E-state index < -0.39 is 0 Å². The van der Waals surface area contributed by atoms with Crippen LogP contribution in [0.25, 0.3) is 0 Å². The lowest BCUT2D eigenvalue weighted by molar-refractivity contribution is -0.115. The number of rotatable bonds is 5. The number of benzene rings is 1. The molecule has 4 rings (SSSR count). The third kappa shape index (κ3) is 2.93. The van der Waals surface area contributed by atoms with Gasteiger partial charge < -0.3 is 5.32 Å². The van der Waals surface area contributed by atoms with Gasteiger partial charge in [0.05, 0.1) is 18.2 Å². The van der Waals surface area contributed by atoms with Crippen molar-refractivity contribution in [3.63, 3.8) is 0 Å². The second kappa shape index (κ2) is 6.35. The molecule has 0 saturated heterocycles. The number of anilines is 1. The summed E-state index contributed by atoms with van der Waals surface area (Å²) in [5.74, 6) is 0.274. The molecule has 24 heavy (non-hydrogen) atoms. The van der Waals surface area contributed by atoms with Crippen molar-refractivity contribution >= 4 is 29.1 Å². The first-order valence-electron chi connectivity index (χ1n) is 8.07. The summed E-state index contributed by atoms with van der Waals surface area (Å²) in [6, 6.07) is 5.71. The molecule has 1 amide bonds. The zero-order valence-electron chi connectivity index (χ0n) is 13.1. The summed E-state index contributed by atoms with van der Waals surface area (Å²) in [5.41, 5.74) is 2.30. The lowest BCUT2D eigenvalue weighted by Crippen LogP contribution is -2.10. The van der Waals surface area contributed by atoms with Gasteiger partial charge in [0.1, 0.15) is 0 Å². The Labute approximate surface area is 143 Å². The molecule has 1 aromatic heterocycles. The van der Waals surface area contributed by atoms with Crippen molar-refractivity contribution in [1.82, 2.24) is 20.2 Å². The third-order valence-corrected chi connectivity index (χ3v) is 5.45. The SMILES string of the molecule is O=C1Cc2cc(C(=O)CSc3nnnn3C3CCCC3)ccc2N1. The van der Waals surface area contributed by atoms with E-state index in [2.05, 4.69) is 20.8 Å². The van der Waals surface area contributed by atoms with Crippen LogP contribution in [0.1, 0.15) is 47.6 Å². The van der Waals surface area contributed by atoms with Gasteiger partial charge in [-0.05, 0) is 47.0 Å². The van der Waals surface area contributed by atoms with Crippen molar-refractivity contribution in [2.24, 2.45) is 0 Å². The number of amides is 1. The highest BCUT2D eigenvalue weighted by atomic mass is 32.2. The molecule has 1 aliphatic carbocycles. The molecular weight excluding hydrogens is 326 g/mol. The summed E-state index contributed by atoms with van der Waals surface area (Å²) in [6.45, 7) is 0. The second-order valence-corrected chi connectivity index (χ2v) is 7.10. The standard InChI is InChI=1S/C16H17N5O2S/c22-14(10-5-6-13-11(7-10)8-15(23)17-13)9-24-16-18-19-20-21(16)12-3-1-2-4-12/h5-7,12H,1-4,8-9H2,(H,17,23). The van der Waals surface area contributed by atoms with Crippen LogP contribution in [-0.4, -0.2) is 37.7 Å². The Balaban J connectivity index is 1.43. The Hall–Kier alpha value is -2.22. The van der Waals surface area contributed by atoms with Crippen LogP contribution in [0, 0.1) is 0 Å². The van der Waals surface area contributed by atoms with Crippen LogP contribution in [0.15, 0.2) is 23.4 Å². The van der Waals surface area contributed by atoms with Gasteiger partial charge >= 0.3 is 0 Å². The normalized spacial score (nSPS) is 17.1. The van der Waals surface area contributed by atoms with E-state index in [9.17, 15) is 9.59 Å². The average molecular weight is 343 g/mol. The molecule has 1 aromatic carbocycles. The predicted molar refractivity (Wildman–Crippen MR) is 89.2 cm³/mol. The largest absolute Gasteiger partial charge is 0.326 e. The number of thioether (sulfide) groups is 1. The Morgan fingerprint density at radius 1 is 1.33 bits per heavy atom. The average Bonchev–Trinajstić information content (AvgIpc) is 3.30. The summed E-state index contributed by atoms with van der Waals surface area (Å²) >= 11 is 1.37. The molecule has 1 saturated carbocycles. The quantitative estimate of drug-likeness (QED) is 0.661. The van der Waals surface area contributed by atoms with Crippen molar-refractivity contribution in [3.05, 3.63) is 29.3 Å². The molecule has 1 N–H and O–H groups in total. The number of hydrogen-bond donors (Lipinski definition) is 1. The molecule has 0 bridgehead atoms. The van der Waals surface area contributed by atoms with E-state index in [1.54, 1.807) is 18.2 Å². The van der Waals surface area contributed by atoms with E-state index in [1.807, 2.05) is 4.68 Å². The number of hydrogen-bond acceptors (Lipinski definition) is 6. The maximum Gasteiger partial charge on any atom is 0.228 e. The number of tetrazole rings is 1. The zero-order valence-corrected chi connectivity index (χ0v) is 13.9. The van der Waals surface area contributed by atoms with Gasteiger partial charge in [0.15, 0.2) is 5.78 Å². The summed E-state index contributed by atoms with van der Waals surface area (Å²) in [5, 5.41) is 15.4. The lowest BCUT2D eigenvalue weighted by atomic mass is 10.1. The van der Waals surface area contributed by atoms with Gasteiger partial charge in [0, 0.05) is 11.3 Å². The molecule has 8 heteroatoms. The molecule has 0 spiro atoms. The van der Waals surface area contributed by atoms with Crippen LogP contribution >= 0.6 is 11.8 Å². The molecule has 1 fully saturated rings. The highest BCUT2D eigenvalue weighted by molar-refractivity contribution is 7.99. The van der Waals surface area contributed by atoms with E-state index in [0.29, 0.717) is 23.2 Å². The van der Waals surface area contributed by atoms with Crippen molar-refractivity contribution in [2.75, 3.05) is 11.1 Å². The highest BCUT2D eigenvalue weighted by Gasteiger charge is 2.23. The first-order chi connectivity index (χ1) is 11.7. The van der Waals surface area contributed by atoms with E-state index in [1.165, 1.54) is 24.6 Å². The topological polar surface area (TPSA) is 89.8 Å². The van der Waals surface area contributed by atoms with E-state index in [0.717, 1.165) is 24.1 Å². The Bertz CT molecular complexity index is 798. The molecule has 2 heterocycles. The molecule has 2 aromatic rings. The van der Waals surface area contributed by atoms with E-state index in [-0.39, 0.29) is 17.4 Å². The van der Waals surface area contributed by atoms with Crippen LogP contribution in [0.3, 0.4) is 0 Å². The number of Topliss-reactive ketones (excluding diaryl/α,β-unsaturated/α-hetero) is 1. The molecule has 0 unspecified atom stereocenters. The number of nitrogens with one attached hydrogen (secondary N) is 1. The first kappa shape index (κ1) is 15.3.